The van der Waals surface area contributed by atoms with E-state index < -0.39 is 6.10 Å². The number of hydrogen-bond donors (Lipinski definition) is 0. The third-order valence-electron chi connectivity index (χ3n) is 5.33. The van der Waals surface area contributed by atoms with Crippen LogP contribution < -0.4 is 14.2 Å². The van der Waals surface area contributed by atoms with E-state index in [1.165, 1.54) is 31.5 Å². The van der Waals surface area contributed by atoms with Crippen molar-refractivity contribution in [3.63, 3.8) is 0 Å². The van der Waals surface area contributed by atoms with Crippen molar-refractivity contribution in [1.29, 1.82) is 0 Å². The predicted molar refractivity (Wildman–Crippen MR) is 103 cm³/mol. The SMILES string of the molecule is COc1cc2c(cc1OC)C(=O)C(Cc1cccc(CN3CCCC3)c1)O2. The molecule has 0 bridgehead atoms. The van der Waals surface area contributed by atoms with Gasteiger partial charge in [-0.1, -0.05) is 24.3 Å². The third-order valence-corrected chi connectivity index (χ3v) is 5.33. The second kappa shape index (κ2) is 7.61. The fourth-order valence-corrected chi connectivity index (χ4v) is 3.93. The highest BCUT2D eigenvalue weighted by Crippen LogP contribution is 2.39. The molecule has 1 fully saturated rings. The van der Waals surface area contributed by atoms with Crippen LogP contribution in [-0.2, 0) is 13.0 Å². The smallest absolute Gasteiger partial charge is 0.207 e. The van der Waals surface area contributed by atoms with Crippen molar-refractivity contribution in [3.05, 3.63) is 53.1 Å². The maximum Gasteiger partial charge on any atom is 0.207 e. The summed E-state index contributed by atoms with van der Waals surface area (Å²) in [5, 5.41) is 0. The average molecular weight is 367 g/mol. The number of benzene rings is 2. The van der Waals surface area contributed by atoms with Crippen LogP contribution in [0.3, 0.4) is 0 Å². The van der Waals surface area contributed by atoms with Gasteiger partial charge in [0.25, 0.3) is 0 Å². The summed E-state index contributed by atoms with van der Waals surface area (Å²) in [6, 6.07) is 11.9. The Hall–Kier alpha value is -2.53. The predicted octanol–water partition coefficient (Wildman–Crippen LogP) is 3.49. The lowest BCUT2D eigenvalue weighted by Gasteiger charge is -2.16. The van der Waals surface area contributed by atoms with Crippen molar-refractivity contribution in [2.45, 2.75) is 31.9 Å². The quantitative estimate of drug-likeness (QED) is 0.782. The standard InChI is InChI=1S/C22H25NO4/c1-25-19-12-17-18(13-20(19)26-2)27-21(22(17)24)11-15-6-5-7-16(10-15)14-23-8-3-4-9-23/h5-7,10,12-13,21H,3-4,8-9,11,14H2,1-2H3. The largest absolute Gasteiger partial charge is 0.493 e. The molecule has 2 aliphatic heterocycles. The van der Waals surface area contributed by atoms with Gasteiger partial charge in [0.05, 0.1) is 19.8 Å². The molecule has 0 N–H and O–H groups in total. The van der Waals surface area contributed by atoms with Crippen molar-refractivity contribution < 1.29 is 19.0 Å². The summed E-state index contributed by atoms with van der Waals surface area (Å²) in [5.41, 5.74) is 2.98. The molecule has 5 heteroatoms. The molecule has 4 rings (SSSR count). The maximum atomic E-state index is 12.8. The first-order chi connectivity index (χ1) is 13.2. The normalized spacial score (nSPS) is 19.0. The van der Waals surface area contributed by atoms with Crippen LogP contribution in [0, 0.1) is 0 Å². The lowest BCUT2D eigenvalue weighted by molar-refractivity contribution is 0.0857. The number of carbonyl (C=O) groups is 1. The Labute approximate surface area is 159 Å². The van der Waals surface area contributed by atoms with E-state index in [-0.39, 0.29) is 5.78 Å². The number of methoxy groups -OCH3 is 2. The molecular weight excluding hydrogens is 342 g/mol. The van der Waals surface area contributed by atoms with Crippen molar-refractivity contribution in [1.82, 2.24) is 4.90 Å². The van der Waals surface area contributed by atoms with Crippen molar-refractivity contribution >= 4 is 5.78 Å². The molecule has 2 aromatic rings. The van der Waals surface area contributed by atoms with E-state index in [2.05, 4.69) is 29.2 Å². The maximum absolute atomic E-state index is 12.8. The second-order valence-corrected chi connectivity index (χ2v) is 7.18. The van der Waals surface area contributed by atoms with Gasteiger partial charge >= 0.3 is 0 Å². The van der Waals surface area contributed by atoms with E-state index in [1.54, 1.807) is 26.4 Å². The third kappa shape index (κ3) is 3.65. The molecule has 0 aliphatic carbocycles. The van der Waals surface area contributed by atoms with Gasteiger partial charge in [0.2, 0.25) is 5.78 Å². The number of ether oxygens (including phenoxy) is 3. The molecule has 27 heavy (non-hydrogen) atoms. The lowest BCUT2D eigenvalue weighted by atomic mass is 10.00. The average Bonchev–Trinajstić information content (AvgIpc) is 3.29. The molecule has 2 aromatic carbocycles. The molecule has 0 amide bonds. The highest BCUT2D eigenvalue weighted by Gasteiger charge is 2.34. The van der Waals surface area contributed by atoms with Crippen LogP contribution in [0.5, 0.6) is 17.2 Å². The first kappa shape index (κ1) is 17.9. The van der Waals surface area contributed by atoms with E-state index in [9.17, 15) is 4.79 Å². The molecule has 2 heterocycles. The molecule has 0 saturated carbocycles. The number of Topliss-reactive ketones (excluding diaryl/α,β-unsaturated/α-hetero) is 1. The van der Waals surface area contributed by atoms with Gasteiger partial charge in [0.15, 0.2) is 17.6 Å². The molecule has 5 nitrogen and oxygen atoms in total. The zero-order valence-corrected chi connectivity index (χ0v) is 15.9. The zero-order chi connectivity index (χ0) is 18.8. The molecule has 1 atom stereocenters. The summed E-state index contributed by atoms with van der Waals surface area (Å²) < 4.78 is 16.6. The molecule has 0 aromatic heterocycles. The summed E-state index contributed by atoms with van der Waals surface area (Å²) in [4.78, 5) is 15.3. The van der Waals surface area contributed by atoms with Crippen LogP contribution >= 0.6 is 0 Å². The minimum absolute atomic E-state index is 0.00380. The second-order valence-electron chi connectivity index (χ2n) is 7.18. The first-order valence-electron chi connectivity index (χ1n) is 9.45. The summed E-state index contributed by atoms with van der Waals surface area (Å²) in [7, 11) is 3.14. The summed E-state index contributed by atoms with van der Waals surface area (Å²) >= 11 is 0. The minimum Gasteiger partial charge on any atom is -0.493 e. The molecule has 142 valence electrons. The number of hydrogen-bond acceptors (Lipinski definition) is 5. The number of rotatable bonds is 6. The Morgan fingerprint density at radius 1 is 1.04 bits per heavy atom. The van der Waals surface area contributed by atoms with Gasteiger partial charge in [-0.05, 0) is 43.1 Å². The Morgan fingerprint density at radius 2 is 1.74 bits per heavy atom. The summed E-state index contributed by atoms with van der Waals surface area (Å²) in [6.07, 6.45) is 2.63. The number of nitrogens with zero attached hydrogens (tertiary/aromatic N) is 1. The molecule has 1 saturated heterocycles. The van der Waals surface area contributed by atoms with Crippen molar-refractivity contribution in [2.24, 2.45) is 0 Å². The van der Waals surface area contributed by atoms with Gasteiger partial charge in [0.1, 0.15) is 5.75 Å². The number of ketones is 1. The van der Waals surface area contributed by atoms with Crippen LogP contribution in [0.15, 0.2) is 36.4 Å². The number of fused-ring (bicyclic) bond motifs is 1. The van der Waals surface area contributed by atoms with Crippen LogP contribution in [0.2, 0.25) is 0 Å². The Bertz CT molecular complexity index is 842. The molecule has 0 radical (unpaired) electrons. The van der Waals surface area contributed by atoms with Gasteiger partial charge in [-0.3, -0.25) is 9.69 Å². The topological polar surface area (TPSA) is 48.0 Å². The van der Waals surface area contributed by atoms with Gasteiger partial charge in [-0.2, -0.15) is 0 Å². The highest BCUT2D eigenvalue weighted by molar-refractivity contribution is 6.05. The first-order valence-corrected chi connectivity index (χ1v) is 9.45. The van der Waals surface area contributed by atoms with E-state index >= 15 is 0 Å². The summed E-state index contributed by atoms with van der Waals surface area (Å²) in [6.45, 7) is 3.32. The number of likely N-dealkylation sites (tertiary alicyclic amines) is 1. The Kier molecular flexibility index (Phi) is 5.03. The van der Waals surface area contributed by atoms with Gasteiger partial charge in [-0.15, -0.1) is 0 Å². The Balaban J connectivity index is 1.49. The lowest BCUT2D eigenvalue weighted by Crippen LogP contribution is -2.23. The molecule has 1 unspecified atom stereocenters. The van der Waals surface area contributed by atoms with Crippen molar-refractivity contribution in [2.75, 3.05) is 27.3 Å². The van der Waals surface area contributed by atoms with Crippen LogP contribution in [-0.4, -0.2) is 44.1 Å². The molecule has 2 aliphatic rings. The number of carbonyl (C=O) groups excluding carboxylic acids is 1. The van der Waals surface area contributed by atoms with E-state index in [0.717, 1.165) is 12.1 Å². The minimum atomic E-state index is -0.501. The van der Waals surface area contributed by atoms with Gasteiger partial charge in [0, 0.05) is 19.0 Å². The van der Waals surface area contributed by atoms with Gasteiger partial charge < -0.3 is 14.2 Å². The molecule has 0 spiro atoms. The van der Waals surface area contributed by atoms with Crippen LogP contribution in [0.4, 0.5) is 0 Å². The van der Waals surface area contributed by atoms with Crippen LogP contribution in [0.1, 0.15) is 34.3 Å². The van der Waals surface area contributed by atoms with E-state index in [0.29, 0.717) is 29.2 Å². The zero-order valence-electron chi connectivity index (χ0n) is 15.9. The van der Waals surface area contributed by atoms with Crippen molar-refractivity contribution in [3.8, 4) is 17.2 Å². The Morgan fingerprint density at radius 3 is 2.48 bits per heavy atom. The fourth-order valence-electron chi connectivity index (χ4n) is 3.93. The van der Waals surface area contributed by atoms with E-state index in [4.69, 9.17) is 14.2 Å². The summed E-state index contributed by atoms with van der Waals surface area (Å²) in [5.74, 6) is 1.67. The highest BCUT2D eigenvalue weighted by atomic mass is 16.5. The van der Waals surface area contributed by atoms with E-state index in [1.807, 2.05) is 0 Å². The van der Waals surface area contributed by atoms with Gasteiger partial charge in [-0.25, -0.2) is 0 Å². The fraction of sp³-hybridized carbons (Fsp3) is 0.409. The monoisotopic (exact) mass is 367 g/mol. The van der Waals surface area contributed by atoms with Crippen LogP contribution in [0.25, 0.3) is 0 Å². The molecular formula is C22H25NO4.